The molecule has 0 unspecified atom stereocenters. The molecule has 1 aliphatic rings. The Hall–Kier alpha value is -3.47. The maximum atomic E-state index is 12.6. The molecular weight excluding hydrogens is 354 g/mol. The summed E-state index contributed by atoms with van der Waals surface area (Å²) >= 11 is 0. The lowest BCUT2D eigenvalue weighted by molar-refractivity contribution is 0.0939. The summed E-state index contributed by atoms with van der Waals surface area (Å²) in [6, 6.07) is 23.1. The fraction of sp³-hybridized carbons (Fsp3) is 0.174. The molecule has 3 aromatic rings. The molecular formula is C23H21NO4. The van der Waals surface area contributed by atoms with E-state index in [2.05, 4.69) is 5.32 Å². The largest absolute Gasteiger partial charge is 0.489 e. The van der Waals surface area contributed by atoms with E-state index in [0.29, 0.717) is 43.4 Å². The van der Waals surface area contributed by atoms with E-state index in [-0.39, 0.29) is 5.91 Å². The molecule has 0 atom stereocenters. The summed E-state index contributed by atoms with van der Waals surface area (Å²) in [6.45, 7) is 1.84. The second-order valence-electron chi connectivity index (χ2n) is 6.43. The van der Waals surface area contributed by atoms with E-state index in [1.54, 1.807) is 18.2 Å². The van der Waals surface area contributed by atoms with Crippen LogP contribution in [0.15, 0.2) is 72.8 Å². The van der Waals surface area contributed by atoms with E-state index in [1.165, 1.54) is 0 Å². The SMILES string of the molecule is O=C(NCc1cccc(OCc2ccccc2)c1)c1cccc2c1OCCO2. The van der Waals surface area contributed by atoms with Crippen LogP contribution in [0.2, 0.25) is 0 Å². The van der Waals surface area contributed by atoms with Crippen molar-refractivity contribution in [3.05, 3.63) is 89.5 Å². The van der Waals surface area contributed by atoms with Gasteiger partial charge in [-0.05, 0) is 35.4 Å². The molecule has 0 aliphatic carbocycles. The number of carbonyl (C=O) groups excluding carboxylic acids is 1. The van der Waals surface area contributed by atoms with E-state index in [1.807, 2.05) is 54.6 Å². The molecule has 1 N–H and O–H groups in total. The van der Waals surface area contributed by atoms with Crippen molar-refractivity contribution in [3.63, 3.8) is 0 Å². The van der Waals surface area contributed by atoms with Gasteiger partial charge in [0.25, 0.3) is 5.91 Å². The Labute approximate surface area is 163 Å². The highest BCUT2D eigenvalue weighted by Crippen LogP contribution is 2.33. The van der Waals surface area contributed by atoms with Crippen LogP contribution >= 0.6 is 0 Å². The van der Waals surface area contributed by atoms with Gasteiger partial charge in [0.15, 0.2) is 11.5 Å². The first-order valence-electron chi connectivity index (χ1n) is 9.22. The number of ether oxygens (including phenoxy) is 3. The molecule has 0 saturated carbocycles. The summed E-state index contributed by atoms with van der Waals surface area (Å²) in [7, 11) is 0. The van der Waals surface area contributed by atoms with Crippen molar-refractivity contribution in [1.29, 1.82) is 0 Å². The first-order chi connectivity index (χ1) is 13.8. The fourth-order valence-corrected chi connectivity index (χ4v) is 3.02. The van der Waals surface area contributed by atoms with Crippen molar-refractivity contribution in [3.8, 4) is 17.2 Å². The van der Waals surface area contributed by atoms with Gasteiger partial charge in [0.1, 0.15) is 25.6 Å². The van der Waals surface area contributed by atoms with Crippen molar-refractivity contribution in [2.24, 2.45) is 0 Å². The molecule has 3 aromatic carbocycles. The lowest BCUT2D eigenvalue weighted by atomic mass is 10.1. The van der Waals surface area contributed by atoms with Crippen molar-refractivity contribution in [2.45, 2.75) is 13.2 Å². The van der Waals surface area contributed by atoms with E-state index in [4.69, 9.17) is 14.2 Å². The summed E-state index contributed by atoms with van der Waals surface area (Å²) in [5.74, 6) is 1.68. The zero-order chi connectivity index (χ0) is 19.2. The summed E-state index contributed by atoms with van der Waals surface area (Å²) in [5.41, 5.74) is 2.55. The topological polar surface area (TPSA) is 56.8 Å². The highest BCUT2D eigenvalue weighted by atomic mass is 16.6. The van der Waals surface area contributed by atoms with Crippen molar-refractivity contribution < 1.29 is 19.0 Å². The third-order valence-electron chi connectivity index (χ3n) is 4.41. The molecule has 142 valence electrons. The van der Waals surface area contributed by atoms with E-state index >= 15 is 0 Å². The van der Waals surface area contributed by atoms with Crippen LogP contribution in [0.1, 0.15) is 21.5 Å². The number of rotatable bonds is 6. The van der Waals surface area contributed by atoms with Gasteiger partial charge in [0, 0.05) is 6.54 Å². The number of fused-ring (bicyclic) bond motifs is 1. The Morgan fingerprint density at radius 2 is 1.68 bits per heavy atom. The van der Waals surface area contributed by atoms with E-state index in [0.717, 1.165) is 16.9 Å². The highest BCUT2D eigenvalue weighted by molar-refractivity contribution is 5.97. The van der Waals surface area contributed by atoms with Gasteiger partial charge in [0.2, 0.25) is 0 Å². The lowest BCUT2D eigenvalue weighted by Crippen LogP contribution is -2.25. The van der Waals surface area contributed by atoms with Crippen LogP contribution in [0.5, 0.6) is 17.2 Å². The molecule has 0 spiro atoms. The third kappa shape index (κ3) is 4.26. The van der Waals surface area contributed by atoms with Crippen molar-refractivity contribution in [1.82, 2.24) is 5.32 Å². The van der Waals surface area contributed by atoms with E-state index in [9.17, 15) is 4.79 Å². The van der Waals surface area contributed by atoms with Gasteiger partial charge in [-0.1, -0.05) is 48.5 Å². The Morgan fingerprint density at radius 1 is 0.893 bits per heavy atom. The van der Waals surface area contributed by atoms with Gasteiger partial charge in [-0.3, -0.25) is 4.79 Å². The molecule has 5 heteroatoms. The average Bonchev–Trinajstić information content (AvgIpc) is 2.77. The second kappa shape index (κ2) is 8.48. The number of carbonyl (C=O) groups is 1. The zero-order valence-electron chi connectivity index (χ0n) is 15.4. The number of hydrogen-bond acceptors (Lipinski definition) is 4. The van der Waals surface area contributed by atoms with Gasteiger partial charge in [0.05, 0.1) is 5.56 Å². The molecule has 1 heterocycles. The second-order valence-corrected chi connectivity index (χ2v) is 6.43. The Bertz CT molecular complexity index is 956. The summed E-state index contributed by atoms with van der Waals surface area (Å²) in [6.07, 6.45) is 0. The number of hydrogen-bond donors (Lipinski definition) is 1. The van der Waals surface area contributed by atoms with Crippen LogP contribution in [-0.2, 0) is 13.2 Å². The predicted octanol–water partition coefficient (Wildman–Crippen LogP) is 3.97. The fourth-order valence-electron chi connectivity index (χ4n) is 3.02. The molecule has 5 nitrogen and oxygen atoms in total. The van der Waals surface area contributed by atoms with Crippen molar-refractivity contribution >= 4 is 5.91 Å². The number of amides is 1. The summed E-state index contributed by atoms with van der Waals surface area (Å²) in [5, 5.41) is 2.94. The Morgan fingerprint density at radius 3 is 2.57 bits per heavy atom. The lowest BCUT2D eigenvalue weighted by Gasteiger charge is -2.20. The molecule has 0 aromatic heterocycles. The molecule has 1 amide bonds. The Balaban J connectivity index is 1.38. The van der Waals surface area contributed by atoms with Gasteiger partial charge in [-0.15, -0.1) is 0 Å². The van der Waals surface area contributed by atoms with E-state index < -0.39 is 0 Å². The number of nitrogens with one attached hydrogen (secondary N) is 1. The van der Waals surface area contributed by atoms with Gasteiger partial charge in [-0.25, -0.2) is 0 Å². The van der Waals surface area contributed by atoms with Gasteiger partial charge in [-0.2, -0.15) is 0 Å². The van der Waals surface area contributed by atoms with Crippen LogP contribution in [0, 0.1) is 0 Å². The molecule has 1 aliphatic heterocycles. The minimum Gasteiger partial charge on any atom is -0.489 e. The maximum absolute atomic E-state index is 12.6. The number of para-hydroxylation sites is 1. The minimum absolute atomic E-state index is 0.196. The number of benzene rings is 3. The predicted molar refractivity (Wildman–Crippen MR) is 106 cm³/mol. The maximum Gasteiger partial charge on any atom is 0.255 e. The first-order valence-corrected chi connectivity index (χ1v) is 9.22. The zero-order valence-corrected chi connectivity index (χ0v) is 15.4. The quantitative estimate of drug-likeness (QED) is 0.708. The molecule has 0 bridgehead atoms. The smallest absolute Gasteiger partial charge is 0.255 e. The van der Waals surface area contributed by atoms with Crippen LogP contribution < -0.4 is 19.5 Å². The summed E-state index contributed by atoms with van der Waals surface area (Å²) in [4.78, 5) is 12.6. The standard InChI is InChI=1S/C23H21NO4/c25-23(20-10-5-11-21-22(20)27-13-12-26-21)24-15-18-8-4-9-19(14-18)28-16-17-6-2-1-3-7-17/h1-11,14H,12-13,15-16H2,(H,24,25). The summed E-state index contributed by atoms with van der Waals surface area (Å²) < 4.78 is 17.0. The van der Waals surface area contributed by atoms with Gasteiger partial charge < -0.3 is 19.5 Å². The van der Waals surface area contributed by atoms with Gasteiger partial charge >= 0.3 is 0 Å². The monoisotopic (exact) mass is 375 g/mol. The molecule has 4 rings (SSSR count). The van der Waals surface area contributed by atoms with Crippen LogP contribution in [-0.4, -0.2) is 19.1 Å². The molecule has 0 radical (unpaired) electrons. The molecule has 28 heavy (non-hydrogen) atoms. The van der Waals surface area contributed by atoms with Crippen LogP contribution in [0.4, 0.5) is 0 Å². The first kappa shape index (κ1) is 17.9. The molecule has 0 saturated heterocycles. The molecule has 0 fully saturated rings. The third-order valence-corrected chi connectivity index (χ3v) is 4.41. The Kier molecular flexibility index (Phi) is 5.43. The minimum atomic E-state index is -0.196. The van der Waals surface area contributed by atoms with Crippen LogP contribution in [0.3, 0.4) is 0 Å². The van der Waals surface area contributed by atoms with Crippen molar-refractivity contribution in [2.75, 3.05) is 13.2 Å². The normalized spacial score (nSPS) is 12.3. The average molecular weight is 375 g/mol. The van der Waals surface area contributed by atoms with Crippen LogP contribution in [0.25, 0.3) is 0 Å². The highest BCUT2D eigenvalue weighted by Gasteiger charge is 2.20.